The van der Waals surface area contributed by atoms with Gasteiger partial charge in [-0.05, 0) is 61.2 Å². The predicted octanol–water partition coefficient (Wildman–Crippen LogP) is 3.62. The molecule has 2 aromatic carbocycles. The molecule has 158 valence electrons. The molecule has 3 rings (SSSR count). The molecule has 0 spiro atoms. The van der Waals surface area contributed by atoms with E-state index in [1.54, 1.807) is 28.4 Å². The lowest BCUT2D eigenvalue weighted by Gasteiger charge is -2.20. The van der Waals surface area contributed by atoms with Gasteiger partial charge >= 0.3 is 0 Å². The van der Waals surface area contributed by atoms with Gasteiger partial charge in [-0.2, -0.15) is 0 Å². The largest absolute Gasteiger partial charge is 0.493 e. The van der Waals surface area contributed by atoms with Crippen LogP contribution in [0.5, 0.6) is 23.0 Å². The van der Waals surface area contributed by atoms with Crippen LogP contribution >= 0.6 is 0 Å². The van der Waals surface area contributed by atoms with E-state index in [4.69, 9.17) is 18.9 Å². The second-order valence-corrected chi connectivity index (χ2v) is 7.17. The van der Waals surface area contributed by atoms with E-state index in [0.29, 0.717) is 0 Å². The van der Waals surface area contributed by atoms with Crippen molar-refractivity contribution in [2.45, 2.75) is 19.3 Å². The minimum absolute atomic E-state index is 0.744. The van der Waals surface area contributed by atoms with Crippen molar-refractivity contribution in [2.75, 3.05) is 59.9 Å². The van der Waals surface area contributed by atoms with Crippen LogP contribution in [0.2, 0.25) is 0 Å². The highest BCUT2D eigenvalue weighted by Crippen LogP contribution is 2.32. The molecule has 0 atom stereocenters. The lowest BCUT2D eigenvalue weighted by Crippen LogP contribution is -2.28. The molecular formula is C23H32N2O4. The van der Waals surface area contributed by atoms with E-state index >= 15 is 0 Å². The van der Waals surface area contributed by atoms with Gasteiger partial charge < -0.3 is 29.2 Å². The van der Waals surface area contributed by atoms with E-state index < -0.39 is 0 Å². The van der Waals surface area contributed by atoms with E-state index in [2.05, 4.69) is 22.3 Å². The standard InChI is InChI=1S/C23H32N2O4/c1-26-20-7-6-19(16-23(20)29-4)24-10-5-11-25-12-8-17-14-21(27-2)22(28-3)15-18(17)9-13-25/h6-7,14-16,24H,5,8-13H2,1-4H3. The molecule has 29 heavy (non-hydrogen) atoms. The Balaban J connectivity index is 1.49. The Bertz CT molecular complexity index is 775. The number of anilines is 1. The topological polar surface area (TPSA) is 52.2 Å². The maximum Gasteiger partial charge on any atom is 0.162 e. The maximum atomic E-state index is 5.46. The fourth-order valence-electron chi connectivity index (χ4n) is 3.80. The Morgan fingerprint density at radius 3 is 1.86 bits per heavy atom. The van der Waals surface area contributed by atoms with Crippen LogP contribution in [0.4, 0.5) is 5.69 Å². The second kappa shape index (κ2) is 10.3. The number of benzene rings is 2. The van der Waals surface area contributed by atoms with E-state index in [9.17, 15) is 0 Å². The normalized spacial score (nSPS) is 13.9. The molecule has 0 amide bonds. The highest BCUT2D eigenvalue weighted by atomic mass is 16.5. The summed E-state index contributed by atoms with van der Waals surface area (Å²) in [6.07, 6.45) is 3.16. The molecule has 2 aromatic rings. The molecule has 0 unspecified atom stereocenters. The molecule has 0 aliphatic carbocycles. The summed E-state index contributed by atoms with van der Waals surface area (Å²) in [5.74, 6) is 3.13. The highest BCUT2D eigenvalue weighted by molar-refractivity contribution is 5.54. The molecule has 0 bridgehead atoms. The molecule has 6 nitrogen and oxygen atoms in total. The molecule has 0 saturated heterocycles. The third kappa shape index (κ3) is 5.26. The average molecular weight is 401 g/mol. The number of ether oxygens (including phenoxy) is 4. The summed E-state index contributed by atoms with van der Waals surface area (Å²) in [5.41, 5.74) is 3.78. The highest BCUT2D eigenvalue weighted by Gasteiger charge is 2.17. The first-order chi connectivity index (χ1) is 14.2. The number of hydrogen-bond acceptors (Lipinski definition) is 6. The Labute approximate surface area is 173 Å². The van der Waals surface area contributed by atoms with Crippen molar-refractivity contribution in [1.82, 2.24) is 4.90 Å². The molecule has 0 saturated carbocycles. The van der Waals surface area contributed by atoms with Gasteiger partial charge in [0.1, 0.15) is 0 Å². The molecule has 1 heterocycles. The summed E-state index contributed by atoms with van der Waals surface area (Å²) in [6.45, 7) is 4.13. The van der Waals surface area contributed by atoms with Gasteiger partial charge in [0.25, 0.3) is 0 Å². The first kappa shape index (κ1) is 21.1. The Morgan fingerprint density at radius 1 is 0.759 bits per heavy atom. The third-order valence-electron chi connectivity index (χ3n) is 5.46. The summed E-state index contributed by atoms with van der Waals surface area (Å²) < 4.78 is 21.6. The van der Waals surface area contributed by atoms with Crippen LogP contribution in [-0.4, -0.2) is 59.5 Å². The van der Waals surface area contributed by atoms with Gasteiger partial charge in [0.05, 0.1) is 28.4 Å². The summed E-state index contributed by atoms with van der Waals surface area (Å²) in [4.78, 5) is 2.54. The zero-order valence-corrected chi connectivity index (χ0v) is 17.9. The summed E-state index contributed by atoms with van der Waals surface area (Å²) in [5, 5.41) is 3.48. The summed E-state index contributed by atoms with van der Waals surface area (Å²) in [6, 6.07) is 10.2. The van der Waals surface area contributed by atoms with Crippen molar-refractivity contribution in [2.24, 2.45) is 0 Å². The van der Waals surface area contributed by atoms with E-state index in [1.165, 1.54) is 11.1 Å². The van der Waals surface area contributed by atoms with Gasteiger partial charge in [-0.1, -0.05) is 0 Å². The number of fused-ring (bicyclic) bond motifs is 1. The van der Waals surface area contributed by atoms with Crippen LogP contribution in [0.25, 0.3) is 0 Å². The van der Waals surface area contributed by atoms with Crippen LogP contribution in [0.15, 0.2) is 30.3 Å². The number of nitrogens with one attached hydrogen (secondary N) is 1. The van der Waals surface area contributed by atoms with Gasteiger partial charge in [0.15, 0.2) is 23.0 Å². The number of nitrogens with zero attached hydrogens (tertiary/aromatic N) is 1. The zero-order chi connectivity index (χ0) is 20.6. The quantitative estimate of drug-likeness (QED) is 0.649. The van der Waals surface area contributed by atoms with E-state index in [0.717, 1.165) is 74.1 Å². The number of methoxy groups -OCH3 is 4. The van der Waals surface area contributed by atoms with Crippen molar-refractivity contribution in [1.29, 1.82) is 0 Å². The Kier molecular flexibility index (Phi) is 7.47. The fraction of sp³-hybridized carbons (Fsp3) is 0.478. The lowest BCUT2D eigenvalue weighted by atomic mass is 10.0. The summed E-state index contributed by atoms with van der Waals surface area (Å²) >= 11 is 0. The number of rotatable bonds is 9. The predicted molar refractivity (Wildman–Crippen MR) is 116 cm³/mol. The molecule has 1 aliphatic rings. The van der Waals surface area contributed by atoms with Gasteiger partial charge in [-0.25, -0.2) is 0 Å². The monoisotopic (exact) mass is 400 g/mol. The molecule has 1 N–H and O–H groups in total. The molecule has 0 fully saturated rings. The van der Waals surface area contributed by atoms with Crippen molar-refractivity contribution in [3.05, 3.63) is 41.5 Å². The average Bonchev–Trinajstić information content (AvgIpc) is 2.97. The first-order valence-electron chi connectivity index (χ1n) is 10.1. The van der Waals surface area contributed by atoms with E-state index in [-0.39, 0.29) is 0 Å². The Hall–Kier alpha value is -2.60. The van der Waals surface area contributed by atoms with Gasteiger partial charge in [-0.15, -0.1) is 0 Å². The zero-order valence-electron chi connectivity index (χ0n) is 17.9. The summed E-state index contributed by atoms with van der Waals surface area (Å²) in [7, 11) is 6.69. The van der Waals surface area contributed by atoms with Gasteiger partial charge in [-0.3, -0.25) is 0 Å². The minimum Gasteiger partial charge on any atom is -0.493 e. The number of hydrogen-bond donors (Lipinski definition) is 1. The fourth-order valence-corrected chi connectivity index (χ4v) is 3.80. The van der Waals surface area contributed by atoms with Gasteiger partial charge in [0.2, 0.25) is 0 Å². The lowest BCUT2D eigenvalue weighted by molar-refractivity contribution is 0.286. The maximum absolute atomic E-state index is 5.46. The van der Waals surface area contributed by atoms with Crippen molar-refractivity contribution < 1.29 is 18.9 Å². The smallest absolute Gasteiger partial charge is 0.162 e. The SMILES string of the molecule is COc1ccc(NCCCN2CCc3cc(OC)c(OC)cc3CC2)cc1OC. The van der Waals surface area contributed by atoms with Crippen molar-refractivity contribution in [3.63, 3.8) is 0 Å². The molecular weight excluding hydrogens is 368 g/mol. The molecule has 6 heteroatoms. The molecule has 0 radical (unpaired) electrons. The van der Waals surface area contributed by atoms with E-state index in [1.807, 2.05) is 18.2 Å². The second-order valence-electron chi connectivity index (χ2n) is 7.17. The van der Waals surface area contributed by atoms with Crippen LogP contribution < -0.4 is 24.3 Å². The van der Waals surface area contributed by atoms with Crippen molar-refractivity contribution >= 4 is 5.69 Å². The Morgan fingerprint density at radius 2 is 1.31 bits per heavy atom. The van der Waals surface area contributed by atoms with Gasteiger partial charge in [0, 0.05) is 31.4 Å². The van der Waals surface area contributed by atoms with Crippen LogP contribution in [0, 0.1) is 0 Å². The first-order valence-corrected chi connectivity index (χ1v) is 10.1. The van der Waals surface area contributed by atoms with Crippen LogP contribution in [0.1, 0.15) is 17.5 Å². The third-order valence-corrected chi connectivity index (χ3v) is 5.46. The molecule has 0 aromatic heterocycles. The minimum atomic E-state index is 0.744. The van der Waals surface area contributed by atoms with Crippen molar-refractivity contribution in [3.8, 4) is 23.0 Å². The van der Waals surface area contributed by atoms with Crippen LogP contribution in [0.3, 0.4) is 0 Å². The molecule has 1 aliphatic heterocycles. The van der Waals surface area contributed by atoms with Crippen LogP contribution in [-0.2, 0) is 12.8 Å².